The topological polar surface area (TPSA) is 0 Å². The highest BCUT2D eigenvalue weighted by atomic mass is 14.8. The average molecular weight is 1550 g/mol. The zero-order valence-corrected chi connectivity index (χ0v) is 87.0. The van der Waals surface area contributed by atoms with Gasteiger partial charge in [-0.3, -0.25) is 0 Å². The van der Waals surface area contributed by atoms with Crippen LogP contribution in [0.5, 0.6) is 0 Å². The van der Waals surface area contributed by atoms with Gasteiger partial charge in [0.15, 0.2) is 0 Å². The van der Waals surface area contributed by atoms with Crippen LogP contribution in [0.4, 0.5) is 0 Å². The molecule has 0 unspecified atom stereocenters. The Morgan fingerprint density at radius 3 is 0.596 bits per heavy atom. The summed E-state index contributed by atoms with van der Waals surface area (Å²) in [5.41, 5.74) is 32.5. The first-order chi connectivity index (χ1) is 50.0. The van der Waals surface area contributed by atoms with Gasteiger partial charge in [0.25, 0.3) is 0 Å². The van der Waals surface area contributed by atoms with Crippen molar-refractivity contribution in [1.82, 2.24) is 0 Å². The lowest BCUT2D eigenvalue weighted by molar-refractivity contribution is -0.283. The Kier molecular flexibility index (Phi) is 31.9. The number of allylic oxidation sites excluding steroid dienone is 8. The second kappa shape index (κ2) is 34.2. The molecule has 6 aliphatic rings. The second-order valence-electron chi connectivity index (χ2n) is 46.8. The molecule has 0 nitrogen and oxygen atoms in total. The van der Waals surface area contributed by atoms with E-state index in [-0.39, 0.29) is 65.0 Å². The van der Waals surface area contributed by atoms with Gasteiger partial charge in [0.1, 0.15) is 0 Å². The lowest BCUT2D eigenvalue weighted by atomic mass is 9.28. The van der Waals surface area contributed by atoms with Crippen LogP contribution in [-0.2, 0) is 0 Å². The molecule has 9 rings (SSSR count). The van der Waals surface area contributed by atoms with Crippen LogP contribution in [0.2, 0.25) is 0 Å². The van der Waals surface area contributed by atoms with E-state index in [9.17, 15) is 0 Å². The minimum Gasteiger partial charge on any atom is -0.0959 e. The molecule has 636 valence electrons. The predicted octanol–water partition coefficient (Wildman–Crippen LogP) is 33.4. The molecular formula is C114H180. The zero-order valence-electron chi connectivity index (χ0n) is 87.0. The van der Waals surface area contributed by atoms with Crippen LogP contribution >= 0.6 is 0 Å². The predicted molar refractivity (Wildman–Crippen MR) is 509 cm³/mol. The third-order valence-corrected chi connectivity index (χ3v) is 39.6. The van der Waals surface area contributed by atoms with E-state index in [2.05, 4.69) is 485 Å². The summed E-state index contributed by atoms with van der Waals surface area (Å²) in [6.45, 7) is 138. The number of hydrogen-bond acceptors (Lipinski definition) is 0. The SMILES string of the molecule is CC1(C)C#CC#CC1(C)C.CC1(C)C#CC(C)(C)C(C)(C)C1(C)C.CC1(C)C(C)(C)C(C)(C)C(C)(C)C(C)(C)C1(C)C.CC1=C(C)C(C)(C)C(C)(C)C#C1.CC1=C(C)C(C)(C)C(C)(C)C(C)(C)C1(C)C.CC1=C(C)C(C)(C)C(C)(C)C(C)=C1C.Cc1c#cc#cc1C.Cc1c#cc(C)c(C)c1C.Cc1c(C)c(C)c(C)c(C)c1C. The smallest absolute Gasteiger partial charge is 0.0428 e. The van der Waals surface area contributed by atoms with Gasteiger partial charge >= 0.3 is 0 Å². The largest absolute Gasteiger partial charge is 0.0959 e. The van der Waals surface area contributed by atoms with E-state index < -0.39 is 0 Å². The Balaban J connectivity index is 0.000000646. The summed E-state index contributed by atoms with van der Waals surface area (Å²) in [5, 5.41) is 0. The molecule has 114 heavy (non-hydrogen) atoms. The standard InChI is InChI=1S/C18H36.C16H30.2C14H24.2C12H18.2C10H12.C8H6/c1-13(2)14(3,4)16(7,8)18(11,12)17(9,10)15(13,5)6;1-11-12(2)14(5,6)16(9,10)15(7,8)13(11,3)4;1-11(2)9-10-12(3,4)14(7,8)13(11,5)6;1-9-10(2)12(4)14(7,8)13(5,6)11(9)3;1-9-7-8-11(3,4)12(5,6)10(9)2;1-7-8(2)10(4)12(6)11(5)9(7)3;1-9(2)7-5-6-8-10(9,3)4;1-7-5-6-8(2)10(4)9(7)3;1-7-5-3-4-6-8(7)2/h1-12H3;1-10H3;2*1-8H3;2*1-6H3;2*1-4H3;1-2H3. The second-order valence-corrected chi connectivity index (χ2v) is 46.8. The number of hydrogen-bond donors (Lipinski definition) is 0. The van der Waals surface area contributed by atoms with E-state index in [1.165, 1.54) is 77.9 Å². The van der Waals surface area contributed by atoms with E-state index in [4.69, 9.17) is 0 Å². The average Bonchev–Trinajstić information content (AvgIpc) is 0.666. The molecule has 0 aliphatic heterocycles. The summed E-state index contributed by atoms with van der Waals surface area (Å²) < 4.78 is 0. The Labute approximate surface area is 714 Å². The minimum absolute atomic E-state index is 0.0399. The molecule has 0 radical (unpaired) electrons. The Hall–Kier alpha value is -5.68. The number of rotatable bonds is 0. The monoisotopic (exact) mass is 1550 g/mol. The van der Waals surface area contributed by atoms with Crippen molar-refractivity contribution >= 4 is 0 Å². The molecule has 0 atom stereocenters. The van der Waals surface area contributed by atoms with Gasteiger partial charge in [0, 0.05) is 54.7 Å². The summed E-state index contributed by atoms with van der Waals surface area (Å²) >= 11 is 0. The summed E-state index contributed by atoms with van der Waals surface area (Å²) in [4.78, 5) is 0. The molecule has 0 bridgehead atoms. The molecule has 0 aromatic heterocycles. The minimum atomic E-state index is 0.0399. The maximum Gasteiger partial charge on any atom is 0.0428 e. The highest BCUT2D eigenvalue weighted by Crippen LogP contribution is 2.78. The Bertz CT molecular complexity index is 3990. The van der Waals surface area contributed by atoms with Crippen LogP contribution in [0.25, 0.3) is 0 Å². The summed E-state index contributed by atoms with van der Waals surface area (Å²) in [6, 6.07) is 17.3. The maximum atomic E-state index is 3.44. The summed E-state index contributed by atoms with van der Waals surface area (Å²) in [6.07, 6.45) is 0. The van der Waals surface area contributed by atoms with Gasteiger partial charge in [-0.1, -0.05) is 295 Å². The zero-order chi connectivity index (χ0) is 91.4. The van der Waals surface area contributed by atoms with Crippen molar-refractivity contribution in [2.75, 3.05) is 0 Å². The molecule has 6 aliphatic carbocycles. The molecule has 0 spiro atoms. The van der Waals surface area contributed by atoms with Crippen molar-refractivity contribution in [3.8, 4) is 47.4 Å². The molecule has 0 saturated heterocycles. The highest BCUT2D eigenvalue weighted by Gasteiger charge is 2.72. The van der Waals surface area contributed by atoms with Crippen molar-refractivity contribution in [3.63, 3.8) is 0 Å². The number of benzene rings is 1. The van der Waals surface area contributed by atoms with Gasteiger partial charge in [0.05, 0.1) is 0 Å². The lowest BCUT2D eigenvalue weighted by Crippen LogP contribution is -2.70. The van der Waals surface area contributed by atoms with E-state index >= 15 is 0 Å². The van der Waals surface area contributed by atoms with Gasteiger partial charge in [-0.2, -0.15) is 0 Å². The highest BCUT2D eigenvalue weighted by molar-refractivity contribution is 5.50. The summed E-state index contributed by atoms with van der Waals surface area (Å²) in [7, 11) is 0. The van der Waals surface area contributed by atoms with Crippen LogP contribution in [0.15, 0.2) is 44.6 Å². The van der Waals surface area contributed by atoms with Crippen LogP contribution in [0.1, 0.15) is 399 Å². The molecule has 0 amide bonds. The van der Waals surface area contributed by atoms with Gasteiger partial charge in [0.2, 0.25) is 0 Å². The van der Waals surface area contributed by atoms with Crippen molar-refractivity contribution in [2.24, 2.45) is 108 Å². The quantitative estimate of drug-likeness (QED) is 0.155. The molecule has 3 aromatic carbocycles. The Morgan fingerprint density at radius 2 is 0.395 bits per heavy atom. The molecule has 0 N–H and O–H groups in total. The fourth-order valence-electron chi connectivity index (χ4n) is 17.9. The first-order valence-electron chi connectivity index (χ1n) is 43.5. The van der Waals surface area contributed by atoms with E-state index in [1.807, 2.05) is 13.8 Å². The van der Waals surface area contributed by atoms with Gasteiger partial charge in [-0.15, -0.1) is 0 Å². The Morgan fingerprint density at radius 1 is 0.167 bits per heavy atom. The normalized spacial score (nSPS) is 23.6. The fraction of sp³-hybridized carbons (Fsp3) is 0.702. The third-order valence-electron chi connectivity index (χ3n) is 39.6. The molecule has 0 heterocycles. The maximum absolute atomic E-state index is 3.44. The van der Waals surface area contributed by atoms with Crippen molar-refractivity contribution < 1.29 is 0 Å². The van der Waals surface area contributed by atoms with Crippen molar-refractivity contribution in [1.29, 1.82) is 0 Å². The summed E-state index contributed by atoms with van der Waals surface area (Å²) in [5.74, 6) is 25.3. The molecule has 1 saturated carbocycles. The van der Waals surface area contributed by atoms with Crippen LogP contribution in [0, 0.1) is 275 Å². The van der Waals surface area contributed by atoms with Crippen LogP contribution in [-0.4, -0.2) is 0 Å². The van der Waals surface area contributed by atoms with Crippen molar-refractivity contribution in [3.05, 3.63) is 148 Å². The molecule has 3 aromatic rings. The fourth-order valence-corrected chi connectivity index (χ4v) is 17.9. The van der Waals surface area contributed by atoms with Crippen LogP contribution < -0.4 is 0 Å². The molecular weight excluding hydrogens is 1370 g/mol. The van der Waals surface area contributed by atoms with Crippen LogP contribution in [0.3, 0.4) is 0 Å². The van der Waals surface area contributed by atoms with Crippen molar-refractivity contribution in [2.45, 2.75) is 415 Å². The van der Waals surface area contributed by atoms with E-state index in [0.717, 1.165) is 11.1 Å². The van der Waals surface area contributed by atoms with Gasteiger partial charge in [-0.05, 0) is 369 Å². The lowest BCUT2D eigenvalue weighted by Gasteiger charge is -2.76. The van der Waals surface area contributed by atoms with Gasteiger partial charge in [-0.25, -0.2) is 0 Å². The molecule has 1 fully saturated rings. The first kappa shape index (κ1) is 106. The van der Waals surface area contributed by atoms with Gasteiger partial charge < -0.3 is 0 Å². The van der Waals surface area contributed by atoms with E-state index in [1.54, 1.807) is 22.3 Å². The third kappa shape index (κ3) is 18.4. The molecule has 0 heteroatoms. The first-order valence-corrected chi connectivity index (χ1v) is 43.5. The van der Waals surface area contributed by atoms with E-state index in [0.29, 0.717) is 43.3 Å².